The average Bonchev–Trinajstić information content (AvgIpc) is 3.35. The zero-order valence-corrected chi connectivity index (χ0v) is 21.5. The number of hydrogen-bond acceptors (Lipinski definition) is 7. The van der Waals surface area contributed by atoms with Gasteiger partial charge in [-0.2, -0.15) is 0 Å². The molecule has 3 aromatic carbocycles. The summed E-state index contributed by atoms with van der Waals surface area (Å²) in [6, 6.07) is 16.3. The number of nitrogens with two attached hydrogens (primary N) is 1. The fourth-order valence-corrected chi connectivity index (χ4v) is 5.43. The minimum absolute atomic E-state index is 0.0223. The Hall–Kier alpha value is -3.67. The smallest absolute Gasteiger partial charge is 0.241 e. The fraction of sp³-hybridized carbons (Fsp3) is 0.259. The van der Waals surface area contributed by atoms with Crippen LogP contribution in [0.5, 0.6) is 5.75 Å². The molecular weight excluding hydrogens is 512 g/mol. The average molecular weight is 540 g/mol. The van der Waals surface area contributed by atoms with E-state index in [4.69, 9.17) is 9.88 Å². The number of anilines is 1. The van der Waals surface area contributed by atoms with Gasteiger partial charge in [-0.15, -0.1) is 0 Å². The molecule has 2 heterocycles. The Morgan fingerprint density at radius 1 is 1.08 bits per heavy atom. The van der Waals surface area contributed by atoms with E-state index < -0.39 is 21.7 Å². The molecule has 0 aliphatic carbocycles. The molecule has 11 heteroatoms. The van der Waals surface area contributed by atoms with Crippen molar-refractivity contribution in [3.05, 3.63) is 77.9 Å². The van der Waals surface area contributed by atoms with Crippen molar-refractivity contribution in [1.82, 2.24) is 14.9 Å². The summed E-state index contributed by atoms with van der Waals surface area (Å²) in [5.41, 5.74) is 1.94. The van der Waals surface area contributed by atoms with Crippen molar-refractivity contribution in [1.29, 1.82) is 0 Å². The molecule has 4 aromatic rings. The van der Waals surface area contributed by atoms with E-state index in [0.29, 0.717) is 29.1 Å². The van der Waals surface area contributed by atoms with Crippen LogP contribution >= 0.6 is 0 Å². The van der Waals surface area contributed by atoms with Crippen molar-refractivity contribution in [3.63, 3.8) is 0 Å². The Labute approximate surface area is 219 Å². The van der Waals surface area contributed by atoms with Crippen molar-refractivity contribution < 1.29 is 21.9 Å². The standard InChI is InChI=1S/C27H27F2N5O3S/c1-37-24-9-6-17(14-25(24)38(30,35)36)10-12-34-13-11-19(16-34)31-27-20-4-2-3-5-23(20)32-26(33-27)18-7-8-21(28)22(29)15-18/h2-9,14-15,19H,10-13,16H2,1H3,(H2,30,35,36)(H,31,32,33)/t19-/m0/s1. The van der Waals surface area contributed by atoms with Crippen LogP contribution in [0.1, 0.15) is 12.0 Å². The molecule has 0 saturated carbocycles. The SMILES string of the molecule is COc1ccc(CCN2CC[C@H](Nc3nc(-c4ccc(F)c(F)c4)nc4ccccc34)C2)cc1S(N)(=O)=O. The number of likely N-dealkylation sites (tertiary alicyclic amines) is 1. The molecule has 198 valence electrons. The highest BCUT2D eigenvalue weighted by Gasteiger charge is 2.24. The Kier molecular flexibility index (Phi) is 7.24. The summed E-state index contributed by atoms with van der Waals surface area (Å²) >= 11 is 0. The molecule has 0 unspecified atom stereocenters. The summed E-state index contributed by atoms with van der Waals surface area (Å²) in [6.07, 6.45) is 1.53. The topological polar surface area (TPSA) is 110 Å². The number of benzene rings is 3. The first-order valence-electron chi connectivity index (χ1n) is 12.1. The molecule has 1 aromatic heterocycles. The molecule has 1 aliphatic heterocycles. The van der Waals surface area contributed by atoms with Gasteiger partial charge in [0.1, 0.15) is 16.5 Å². The maximum Gasteiger partial charge on any atom is 0.241 e. The van der Waals surface area contributed by atoms with Crippen molar-refractivity contribution in [2.24, 2.45) is 5.14 Å². The van der Waals surface area contributed by atoms with Gasteiger partial charge >= 0.3 is 0 Å². The number of methoxy groups -OCH3 is 1. The lowest BCUT2D eigenvalue weighted by molar-refractivity contribution is 0.340. The minimum Gasteiger partial charge on any atom is -0.495 e. The first-order chi connectivity index (χ1) is 18.2. The van der Waals surface area contributed by atoms with Crippen molar-refractivity contribution in [2.45, 2.75) is 23.8 Å². The molecule has 1 saturated heterocycles. The molecule has 5 rings (SSSR count). The second-order valence-electron chi connectivity index (χ2n) is 9.25. The summed E-state index contributed by atoms with van der Waals surface area (Å²) < 4.78 is 56.3. The summed E-state index contributed by atoms with van der Waals surface area (Å²) in [4.78, 5) is 11.5. The molecule has 0 spiro atoms. The number of hydrogen-bond donors (Lipinski definition) is 2. The Morgan fingerprint density at radius 3 is 2.66 bits per heavy atom. The highest BCUT2D eigenvalue weighted by atomic mass is 32.2. The second kappa shape index (κ2) is 10.6. The molecule has 0 bridgehead atoms. The highest BCUT2D eigenvalue weighted by molar-refractivity contribution is 7.89. The molecule has 8 nitrogen and oxygen atoms in total. The molecule has 38 heavy (non-hydrogen) atoms. The van der Waals surface area contributed by atoms with Crippen LogP contribution in [-0.2, 0) is 16.4 Å². The predicted octanol–water partition coefficient (Wildman–Crippen LogP) is 3.96. The van der Waals surface area contributed by atoms with Gasteiger partial charge in [-0.25, -0.2) is 32.3 Å². The zero-order valence-electron chi connectivity index (χ0n) is 20.7. The van der Waals surface area contributed by atoms with Crippen molar-refractivity contribution in [3.8, 4) is 17.1 Å². The van der Waals surface area contributed by atoms with Gasteiger partial charge in [0.15, 0.2) is 17.5 Å². The third-order valence-corrected chi connectivity index (χ3v) is 7.58. The van der Waals surface area contributed by atoms with Crippen LogP contribution in [0, 0.1) is 11.6 Å². The van der Waals surface area contributed by atoms with Crippen LogP contribution in [0.2, 0.25) is 0 Å². The van der Waals surface area contributed by atoms with Gasteiger partial charge in [0.05, 0.1) is 12.6 Å². The monoisotopic (exact) mass is 539 g/mol. The van der Waals surface area contributed by atoms with Crippen LogP contribution in [-0.4, -0.2) is 56.1 Å². The van der Waals surface area contributed by atoms with Crippen LogP contribution in [0.4, 0.5) is 14.6 Å². The Morgan fingerprint density at radius 2 is 1.89 bits per heavy atom. The lowest BCUT2D eigenvalue weighted by Gasteiger charge is -2.18. The molecule has 1 fully saturated rings. The van der Waals surface area contributed by atoms with Gasteiger partial charge in [0.25, 0.3) is 0 Å². The number of nitrogens with one attached hydrogen (secondary N) is 1. The largest absolute Gasteiger partial charge is 0.495 e. The number of sulfonamides is 1. The van der Waals surface area contributed by atoms with Crippen molar-refractivity contribution in [2.75, 3.05) is 32.1 Å². The minimum atomic E-state index is -3.90. The van der Waals surface area contributed by atoms with Gasteiger partial charge in [0.2, 0.25) is 10.0 Å². The number of primary sulfonamides is 1. The van der Waals surface area contributed by atoms with E-state index in [1.54, 1.807) is 12.1 Å². The number of ether oxygens (including phenoxy) is 1. The molecule has 0 amide bonds. The number of fused-ring (bicyclic) bond motifs is 1. The number of nitrogens with zero attached hydrogens (tertiary/aromatic N) is 3. The summed E-state index contributed by atoms with van der Waals surface area (Å²) in [5, 5.41) is 9.70. The quantitative estimate of drug-likeness (QED) is 0.349. The van der Waals surface area contributed by atoms with Crippen LogP contribution in [0.15, 0.2) is 65.6 Å². The van der Waals surface area contributed by atoms with Crippen LogP contribution in [0.3, 0.4) is 0 Å². The highest BCUT2D eigenvalue weighted by Crippen LogP contribution is 2.28. The fourth-order valence-electron chi connectivity index (χ4n) is 4.68. The maximum atomic E-state index is 13.9. The maximum absolute atomic E-state index is 13.9. The summed E-state index contributed by atoms with van der Waals surface area (Å²) in [6.45, 7) is 2.35. The van der Waals surface area contributed by atoms with Gasteiger partial charge in [0, 0.05) is 36.6 Å². The van der Waals surface area contributed by atoms with E-state index >= 15 is 0 Å². The first-order valence-corrected chi connectivity index (χ1v) is 13.7. The van der Waals surface area contributed by atoms with Crippen molar-refractivity contribution >= 4 is 26.7 Å². The number of aromatic nitrogens is 2. The van der Waals surface area contributed by atoms with Gasteiger partial charge in [-0.3, -0.25) is 0 Å². The van der Waals surface area contributed by atoms with E-state index in [9.17, 15) is 17.2 Å². The Bertz CT molecular complexity index is 1600. The van der Waals surface area contributed by atoms with Crippen LogP contribution < -0.4 is 15.2 Å². The lowest BCUT2D eigenvalue weighted by atomic mass is 10.1. The van der Waals surface area contributed by atoms with Gasteiger partial charge in [-0.05, 0) is 60.9 Å². The number of rotatable bonds is 8. The molecular formula is C27H27F2N5O3S. The van der Waals surface area contributed by atoms with E-state index in [2.05, 4.69) is 20.2 Å². The zero-order chi connectivity index (χ0) is 26.9. The normalized spacial score (nSPS) is 16.2. The summed E-state index contributed by atoms with van der Waals surface area (Å²) in [7, 11) is -2.49. The summed E-state index contributed by atoms with van der Waals surface area (Å²) in [5.74, 6) is -0.704. The van der Waals surface area contributed by atoms with E-state index in [1.165, 1.54) is 13.2 Å². The van der Waals surface area contributed by atoms with E-state index in [-0.39, 0.29) is 16.7 Å². The molecule has 3 N–H and O–H groups in total. The Balaban J connectivity index is 1.30. The number of para-hydroxylation sites is 1. The van der Waals surface area contributed by atoms with E-state index in [0.717, 1.165) is 49.1 Å². The van der Waals surface area contributed by atoms with Gasteiger partial charge in [-0.1, -0.05) is 18.2 Å². The van der Waals surface area contributed by atoms with E-state index in [1.807, 2.05) is 30.3 Å². The molecule has 0 radical (unpaired) electrons. The third kappa shape index (κ3) is 5.59. The predicted molar refractivity (Wildman–Crippen MR) is 141 cm³/mol. The lowest BCUT2D eigenvalue weighted by Crippen LogP contribution is -2.28. The molecule has 1 atom stereocenters. The molecule has 1 aliphatic rings. The first kappa shape index (κ1) is 26.0. The second-order valence-corrected chi connectivity index (χ2v) is 10.8. The third-order valence-electron chi connectivity index (χ3n) is 6.65. The number of halogens is 2. The van der Waals surface area contributed by atoms with Gasteiger partial charge < -0.3 is 15.0 Å². The van der Waals surface area contributed by atoms with Crippen LogP contribution in [0.25, 0.3) is 22.3 Å².